The van der Waals surface area contributed by atoms with Gasteiger partial charge in [-0.2, -0.15) is 5.10 Å². The van der Waals surface area contributed by atoms with E-state index in [0.29, 0.717) is 5.56 Å². The average molecular weight is 261 g/mol. The van der Waals surface area contributed by atoms with Crippen molar-refractivity contribution in [3.63, 3.8) is 0 Å². The Balaban J connectivity index is 2.16. The lowest BCUT2D eigenvalue weighted by Crippen LogP contribution is -2.19. The fraction of sp³-hybridized carbons (Fsp3) is 0.400. The number of nitrogens with zero attached hydrogens (tertiary/aromatic N) is 2. The number of halogens is 1. The summed E-state index contributed by atoms with van der Waals surface area (Å²) in [6.45, 7) is 4.00. The molecule has 0 unspecified atom stereocenters. The Hall–Kier alpha value is -1.68. The summed E-state index contributed by atoms with van der Waals surface area (Å²) >= 11 is 0. The molecular formula is C15H20FN3. The summed E-state index contributed by atoms with van der Waals surface area (Å²) < 4.78 is 13.8. The van der Waals surface area contributed by atoms with Gasteiger partial charge in [-0.15, -0.1) is 0 Å². The molecule has 0 atom stereocenters. The Morgan fingerprint density at radius 1 is 1.32 bits per heavy atom. The summed E-state index contributed by atoms with van der Waals surface area (Å²) in [5.41, 5.74) is 2.39. The van der Waals surface area contributed by atoms with Crippen molar-refractivity contribution in [2.75, 3.05) is 13.6 Å². The van der Waals surface area contributed by atoms with Gasteiger partial charge in [-0.05, 0) is 32.1 Å². The van der Waals surface area contributed by atoms with Crippen LogP contribution in [-0.4, -0.2) is 28.7 Å². The third-order valence-corrected chi connectivity index (χ3v) is 3.19. The van der Waals surface area contributed by atoms with Crippen LogP contribution >= 0.6 is 0 Å². The van der Waals surface area contributed by atoms with Crippen molar-refractivity contribution in [2.45, 2.75) is 26.3 Å². The molecule has 2 rings (SSSR count). The van der Waals surface area contributed by atoms with E-state index in [1.54, 1.807) is 18.3 Å². The molecule has 0 fully saturated rings. The van der Waals surface area contributed by atoms with Gasteiger partial charge in [-0.25, -0.2) is 4.39 Å². The molecule has 3 nitrogen and oxygen atoms in total. The number of hydrogen-bond donors (Lipinski definition) is 1. The van der Waals surface area contributed by atoms with Crippen LogP contribution in [0.15, 0.2) is 30.5 Å². The Labute approximate surface area is 113 Å². The third-order valence-electron chi connectivity index (χ3n) is 3.19. The lowest BCUT2D eigenvalue weighted by molar-refractivity contribution is 0.321. The van der Waals surface area contributed by atoms with Crippen molar-refractivity contribution >= 4 is 0 Å². The van der Waals surface area contributed by atoms with Gasteiger partial charge in [0, 0.05) is 17.7 Å². The van der Waals surface area contributed by atoms with Gasteiger partial charge >= 0.3 is 0 Å². The van der Waals surface area contributed by atoms with Crippen LogP contribution < -0.4 is 0 Å². The Morgan fingerprint density at radius 3 is 2.84 bits per heavy atom. The molecule has 0 radical (unpaired) electrons. The Bertz CT molecular complexity index is 522. The van der Waals surface area contributed by atoms with E-state index in [2.05, 4.69) is 29.1 Å². The second-order valence-corrected chi connectivity index (χ2v) is 4.84. The van der Waals surface area contributed by atoms with Gasteiger partial charge in [0.05, 0.1) is 11.9 Å². The van der Waals surface area contributed by atoms with Crippen molar-refractivity contribution in [3.8, 4) is 11.3 Å². The smallest absolute Gasteiger partial charge is 0.132 e. The van der Waals surface area contributed by atoms with E-state index < -0.39 is 0 Å². The van der Waals surface area contributed by atoms with E-state index in [4.69, 9.17) is 0 Å². The SMILES string of the molecule is CCCCN(C)Cc1cn[nH]c1-c1ccccc1F. The van der Waals surface area contributed by atoms with Crippen molar-refractivity contribution in [2.24, 2.45) is 0 Å². The van der Waals surface area contributed by atoms with E-state index in [1.807, 2.05) is 6.07 Å². The predicted molar refractivity (Wildman–Crippen MR) is 75.2 cm³/mol. The average Bonchev–Trinajstić information content (AvgIpc) is 2.85. The van der Waals surface area contributed by atoms with Gasteiger partial charge in [-0.3, -0.25) is 5.10 Å². The van der Waals surface area contributed by atoms with Crippen molar-refractivity contribution in [3.05, 3.63) is 41.8 Å². The van der Waals surface area contributed by atoms with Crippen molar-refractivity contribution < 1.29 is 4.39 Å². The Kier molecular flexibility index (Phi) is 4.68. The Morgan fingerprint density at radius 2 is 2.11 bits per heavy atom. The molecule has 1 heterocycles. The van der Waals surface area contributed by atoms with Crippen LogP contribution in [-0.2, 0) is 6.54 Å². The lowest BCUT2D eigenvalue weighted by Gasteiger charge is -2.16. The molecule has 0 amide bonds. The minimum absolute atomic E-state index is 0.218. The van der Waals surface area contributed by atoms with Gasteiger partial charge in [0.2, 0.25) is 0 Å². The molecule has 0 saturated heterocycles. The molecule has 0 spiro atoms. The molecule has 0 aliphatic heterocycles. The van der Waals surface area contributed by atoms with Gasteiger partial charge < -0.3 is 4.90 Å². The molecule has 0 aliphatic rings. The fourth-order valence-corrected chi connectivity index (χ4v) is 2.13. The van der Waals surface area contributed by atoms with Gasteiger partial charge in [0.15, 0.2) is 0 Å². The van der Waals surface area contributed by atoms with E-state index in [9.17, 15) is 4.39 Å². The minimum Gasteiger partial charge on any atom is -0.302 e. The maximum Gasteiger partial charge on any atom is 0.132 e. The summed E-state index contributed by atoms with van der Waals surface area (Å²) in [5, 5.41) is 6.96. The number of hydrogen-bond acceptors (Lipinski definition) is 2. The second-order valence-electron chi connectivity index (χ2n) is 4.84. The molecule has 1 aromatic heterocycles. The number of aromatic nitrogens is 2. The highest BCUT2D eigenvalue weighted by Gasteiger charge is 2.12. The van der Waals surface area contributed by atoms with Gasteiger partial charge in [-0.1, -0.05) is 25.5 Å². The largest absolute Gasteiger partial charge is 0.302 e. The summed E-state index contributed by atoms with van der Waals surface area (Å²) in [6.07, 6.45) is 4.13. The number of nitrogens with one attached hydrogen (secondary N) is 1. The van der Waals surface area contributed by atoms with E-state index in [1.165, 1.54) is 18.9 Å². The van der Waals surface area contributed by atoms with Gasteiger partial charge in [0.1, 0.15) is 5.82 Å². The summed E-state index contributed by atoms with van der Waals surface area (Å²) in [6, 6.07) is 6.78. The first-order valence-corrected chi connectivity index (χ1v) is 6.68. The van der Waals surface area contributed by atoms with Crippen LogP contribution in [0, 0.1) is 5.82 Å². The monoisotopic (exact) mass is 261 g/mol. The molecule has 1 aromatic carbocycles. The zero-order valence-electron chi connectivity index (χ0n) is 11.5. The van der Waals surface area contributed by atoms with Crippen LogP contribution in [0.2, 0.25) is 0 Å². The van der Waals surface area contributed by atoms with Crippen LogP contribution in [0.1, 0.15) is 25.3 Å². The van der Waals surface area contributed by atoms with Gasteiger partial charge in [0.25, 0.3) is 0 Å². The van der Waals surface area contributed by atoms with Crippen LogP contribution in [0.4, 0.5) is 4.39 Å². The second kappa shape index (κ2) is 6.48. The first kappa shape index (κ1) is 13.7. The molecule has 0 bridgehead atoms. The number of unbranched alkanes of at least 4 members (excludes halogenated alkanes) is 1. The van der Waals surface area contributed by atoms with Crippen molar-refractivity contribution in [1.29, 1.82) is 0 Å². The number of aromatic amines is 1. The summed E-state index contributed by atoms with van der Waals surface area (Å²) in [5.74, 6) is -0.218. The number of H-pyrrole nitrogens is 1. The van der Waals surface area contributed by atoms with Crippen LogP contribution in [0.3, 0.4) is 0 Å². The molecule has 2 aromatic rings. The number of benzene rings is 1. The highest BCUT2D eigenvalue weighted by atomic mass is 19.1. The van der Waals surface area contributed by atoms with Crippen LogP contribution in [0.5, 0.6) is 0 Å². The maximum absolute atomic E-state index is 13.8. The fourth-order valence-electron chi connectivity index (χ4n) is 2.13. The highest BCUT2D eigenvalue weighted by molar-refractivity contribution is 5.63. The molecule has 0 saturated carbocycles. The van der Waals surface area contributed by atoms with E-state index >= 15 is 0 Å². The zero-order chi connectivity index (χ0) is 13.7. The van der Waals surface area contributed by atoms with Crippen LogP contribution in [0.25, 0.3) is 11.3 Å². The highest BCUT2D eigenvalue weighted by Crippen LogP contribution is 2.24. The minimum atomic E-state index is -0.218. The summed E-state index contributed by atoms with van der Waals surface area (Å²) in [4.78, 5) is 2.23. The molecule has 1 N–H and O–H groups in total. The molecular weight excluding hydrogens is 241 g/mol. The molecule has 0 aliphatic carbocycles. The van der Waals surface area contributed by atoms with E-state index in [0.717, 1.165) is 24.3 Å². The third kappa shape index (κ3) is 3.41. The topological polar surface area (TPSA) is 31.9 Å². The predicted octanol–water partition coefficient (Wildman–Crippen LogP) is 3.45. The van der Waals surface area contributed by atoms with Crippen molar-refractivity contribution in [1.82, 2.24) is 15.1 Å². The maximum atomic E-state index is 13.8. The number of rotatable bonds is 6. The quantitative estimate of drug-likeness (QED) is 0.863. The lowest BCUT2D eigenvalue weighted by atomic mass is 10.1. The zero-order valence-corrected chi connectivity index (χ0v) is 11.5. The first-order chi connectivity index (χ1) is 9.22. The standard InChI is InChI=1S/C15H20FN3/c1-3-4-9-19(2)11-12-10-17-18-15(12)13-7-5-6-8-14(13)16/h5-8,10H,3-4,9,11H2,1-2H3,(H,17,18). The summed E-state index contributed by atoms with van der Waals surface area (Å²) in [7, 11) is 2.08. The normalized spacial score (nSPS) is 11.2. The molecule has 102 valence electrons. The van der Waals surface area contributed by atoms with E-state index in [-0.39, 0.29) is 5.82 Å². The molecule has 19 heavy (non-hydrogen) atoms. The first-order valence-electron chi connectivity index (χ1n) is 6.68. The molecule has 4 heteroatoms.